The highest BCUT2D eigenvalue weighted by atomic mass is 16.5. The molecule has 0 amide bonds. The molecule has 0 spiro atoms. The second kappa shape index (κ2) is 5.54. The van der Waals surface area contributed by atoms with Gasteiger partial charge in [-0.25, -0.2) is 4.79 Å². The van der Waals surface area contributed by atoms with Gasteiger partial charge in [-0.1, -0.05) is 0 Å². The Morgan fingerprint density at radius 1 is 1.39 bits per heavy atom. The fourth-order valence-corrected chi connectivity index (χ4v) is 2.25. The normalized spacial score (nSPS) is 28.2. The smallest absolute Gasteiger partial charge is 0.371 e. The minimum atomic E-state index is -1.06. The van der Waals surface area contributed by atoms with Crippen LogP contribution < -0.4 is 0 Å². The average molecular weight is 254 g/mol. The molecule has 2 rings (SSSR count). The Labute approximate surface area is 106 Å². The quantitative estimate of drug-likeness (QED) is 0.893. The maximum atomic E-state index is 10.7. The summed E-state index contributed by atoms with van der Waals surface area (Å²) in [7, 11) is 0. The van der Waals surface area contributed by atoms with Gasteiger partial charge in [-0.15, -0.1) is 0 Å². The van der Waals surface area contributed by atoms with Crippen LogP contribution >= 0.6 is 0 Å². The number of hydrogen-bond donors (Lipinski definition) is 1. The Kier molecular flexibility index (Phi) is 4.04. The third-order valence-corrected chi connectivity index (χ3v) is 2.99. The van der Waals surface area contributed by atoms with Gasteiger partial charge in [-0.3, -0.25) is 0 Å². The van der Waals surface area contributed by atoms with E-state index in [2.05, 4.69) is 0 Å². The fraction of sp³-hybridized carbons (Fsp3) is 0.615. The standard InChI is InChI=1S/C13H18O5/c1-8-5-11(6-9(2)17-8)16-7-10-3-4-12(18-10)13(14)15/h3-4,8-9,11H,5-7H2,1-2H3,(H,14,15). The molecule has 5 nitrogen and oxygen atoms in total. The molecule has 1 N–H and O–H groups in total. The number of aromatic carboxylic acids is 1. The van der Waals surface area contributed by atoms with Gasteiger partial charge in [0.2, 0.25) is 5.76 Å². The number of carbonyl (C=O) groups is 1. The third kappa shape index (κ3) is 3.34. The van der Waals surface area contributed by atoms with Crippen molar-refractivity contribution in [1.29, 1.82) is 0 Å². The zero-order valence-electron chi connectivity index (χ0n) is 10.6. The SMILES string of the molecule is CC1CC(OCc2ccc(C(=O)O)o2)CC(C)O1. The van der Waals surface area contributed by atoms with E-state index in [-0.39, 0.29) is 24.1 Å². The summed E-state index contributed by atoms with van der Waals surface area (Å²) in [4.78, 5) is 10.7. The molecule has 2 atom stereocenters. The summed E-state index contributed by atoms with van der Waals surface area (Å²) in [5, 5.41) is 8.73. The minimum absolute atomic E-state index is 0.0534. The van der Waals surface area contributed by atoms with E-state index in [1.54, 1.807) is 6.07 Å². The first-order valence-electron chi connectivity index (χ1n) is 6.13. The van der Waals surface area contributed by atoms with E-state index in [4.69, 9.17) is 19.0 Å². The molecule has 1 aromatic rings. The predicted molar refractivity (Wildman–Crippen MR) is 63.5 cm³/mol. The van der Waals surface area contributed by atoms with Gasteiger partial charge < -0.3 is 19.0 Å². The average Bonchev–Trinajstić information content (AvgIpc) is 2.73. The van der Waals surface area contributed by atoms with Crippen LogP contribution in [0.4, 0.5) is 0 Å². The van der Waals surface area contributed by atoms with Crippen LogP contribution in [0.5, 0.6) is 0 Å². The van der Waals surface area contributed by atoms with Crippen LogP contribution in [-0.2, 0) is 16.1 Å². The van der Waals surface area contributed by atoms with Gasteiger partial charge in [-0.05, 0) is 38.8 Å². The highest BCUT2D eigenvalue weighted by Gasteiger charge is 2.25. The first-order valence-corrected chi connectivity index (χ1v) is 6.13. The molecule has 0 bridgehead atoms. The molecule has 1 saturated heterocycles. The molecule has 1 aromatic heterocycles. The van der Waals surface area contributed by atoms with E-state index < -0.39 is 5.97 Å². The van der Waals surface area contributed by atoms with Crippen LogP contribution in [-0.4, -0.2) is 29.4 Å². The molecule has 1 fully saturated rings. The van der Waals surface area contributed by atoms with Gasteiger partial charge in [0.25, 0.3) is 0 Å². The van der Waals surface area contributed by atoms with Crippen LogP contribution in [0.15, 0.2) is 16.5 Å². The number of rotatable bonds is 4. The van der Waals surface area contributed by atoms with Gasteiger partial charge in [0.1, 0.15) is 12.4 Å². The van der Waals surface area contributed by atoms with Crippen molar-refractivity contribution in [1.82, 2.24) is 0 Å². The molecule has 0 aromatic carbocycles. The zero-order chi connectivity index (χ0) is 13.1. The van der Waals surface area contributed by atoms with E-state index in [1.165, 1.54) is 6.07 Å². The molecular formula is C13H18O5. The van der Waals surface area contributed by atoms with E-state index in [0.29, 0.717) is 12.4 Å². The molecular weight excluding hydrogens is 236 g/mol. The first-order chi connectivity index (χ1) is 8.54. The monoisotopic (exact) mass is 254 g/mol. The lowest BCUT2D eigenvalue weighted by atomic mass is 10.0. The van der Waals surface area contributed by atoms with Crippen molar-refractivity contribution in [3.05, 3.63) is 23.7 Å². The van der Waals surface area contributed by atoms with Gasteiger partial charge in [0, 0.05) is 0 Å². The zero-order valence-corrected chi connectivity index (χ0v) is 10.6. The van der Waals surface area contributed by atoms with Crippen LogP contribution in [0, 0.1) is 0 Å². The second-order valence-electron chi connectivity index (χ2n) is 4.73. The lowest BCUT2D eigenvalue weighted by Gasteiger charge is -2.31. The Hall–Kier alpha value is -1.33. The number of furan rings is 1. The van der Waals surface area contributed by atoms with Crippen molar-refractivity contribution >= 4 is 5.97 Å². The topological polar surface area (TPSA) is 68.9 Å². The van der Waals surface area contributed by atoms with Crippen molar-refractivity contribution in [3.63, 3.8) is 0 Å². The Morgan fingerprint density at radius 3 is 2.61 bits per heavy atom. The summed E-state index contributed by atoms with van der Waals surface area (Å²) in [5.41, 5.74) is 0. The molecule has 0 aliphatic carbocycles. The van der Waals surface area contributed by atoms with E-state index in [9.17, 15) is 4.79 Å². The Balaban J connectivity index is 1.85. The van der Waals surface area contributed by atoms with E-state index in [1.807, 2.05) is 13.8 Å². The van der Waals surface area contributed by atoms with Crippen LogP contribution in [0.3, 0.4) is 0 Å². The van der Waals surface area contributed by atoms with Crippen LogP contribution in [0.1, 0.15) is 43.0 Å². The number of hydrogen-bond acceptors (Lipinski definition) is 4. The molecule has 1 aliphatic heterocycles. The van der Waals surface area contributed by atoms with E-state index in [0.717, 1.165) is 12.8 Å². The maximum Gasteiger partial charge on any atom is 0.371 e. The molecule has 1 aliphatic rings. The maximum absolute atomic E-state index is 10.7. The van der Waals surface area contributed by atoms with E-state index >= 15 is 0 Å². The van der Waals surface area contributed by atoms with Gasteiger partial charge in [-0.2, -0.15) is 0 Å². The largest absolute Gasteiger partial charge is 0.475 e. The van der Waals surface area contributed by atoms with Crippen molar-refractivity contribution in [2.75, 3.05) is 0 Å². The van der Waals surface area contributed by atoms with Gasteiger partial charge in [0.15, 0.2) is 0 Å². The predicted octanol–water partition coefficient (Wildman–Crippen LogP) is 2.45. The lowest BCUT2D eigenvalue weighted by Crippen LogP contribution is -2.33. The molecule has 5 heteroatoms. The molecule has 0 saturated carbocycles. The highest BCUT2D eigenvalue weighted by Crippen LogP contribution is 2.22. The summed E-state index contributed by atoms with van der Waals surface area (Å²) < 4.78 is 16.5. The third-order valence-electron chi connectivity index (χ3n) is 2.99. The molecule has 2 unspecified atom stereocenters. The molecule has 0 radical (unpaired) electrons. The van der Waals surface area contributed by atoms with Crippen molar-refractivity contribution in [2.45, 2.75) is 51.6 Å². The van der Waals surface area contributed by atoms with Gasteiger partial charge in [0.05, 0.1) is 18.3 Å². The number of carboxylic acid groups (broad SMARTS) is 1. The van der Waals surface area contributed by atoms with Crippen LogP contribution in [0.25, 0.3) is 0 Å². The minimum Gasteiger partial charge on any atom is -0.475 e. The first kappa shape index (κ1) is 13.1. The summed E-state index contributed by atoms with van der Waals surface area (Å²) in [6.45, 7) is 4.36. The number of carboxylic acids is 1. The van der Waals surface area contributed by atoms with Crippen molar-refractivity contribution in [2.24, 2.45) is 0 Å². The lowest BCUT2D eigenvalue weighted by molar-refractivity contribution is -0.108. The van der Waals surface area contributed by atoms with Gasteiger partial charge >= 0.3 is 5.97 Å². The summed E-state index contributed by atoms with van der Waals surface area (Å²) in [5.74, 6) is -0.573. The van der Waals surface area contributed by atoms with Crippen molar-refractivity contribution < 1.29 is 23.8 Å². The van der Waals surface area contributed by atoms with Crippen LogP contribution in [0.2, 0.25) is 0 Å². The highest BCUT2D eigenvalue weighted by molar-refractivity contribution is 5.84. The fourth-order valence-electron chi connectivity index (χ4n) is 2.25. The Bertz CT molecular complexity index is 401. The second-order valence-corrected chi connectivity index (χ2v) is 4.73. The number of ether oxygens (including phenoxy) is 2. The molecule has 2 heterocycles. The summed E-state index contributed by atoms with van der Waals surface area (Å²) in [6.07, 6.45) is 2.25. The summed E-state index contributed by atoms with van der Waals surface area (Å²) >= 11 is 0. The van der Waals surface area contributed by atoms with Crippen molar-refractivity contribution in [3.8, 4) is 0 Å². The Morgan fingerprint density at radius 2 is 2.06 bits per heavy atom. The molecule has 18 heavy (non-hydrogen) atoms. The molecule has 100 valence electrons. The summed E-state index contributed by atoms with van der Waals surface area (Å²) in [6, 6.07) is 3.08.